The molecule has 0 bridgehead atoms. The molecule has 1 aliphatic carbocycles. The zero-order chi connectivity index (χ0) is 15.2. The molecule has 2 heterocycles. The lowest BCUT2D eigenvalue weighted by Crippen LogP contribution is -2.33. The van der Waals surface area contributed by atoms with E-state index in [2.05, 4.69) is 20.8 Å². The minimum absolute atomic E-state index is 0.0127. The molecule has 122 valence electrons. The first-order valence-electron chi connectivity index (χ1n) is 8.12. The van der Waals surface area contributed by atoms with Crippen molar-refractivity contribution in [3.05, 3.63) is 0 Å². The van der Waals surface area contributed by atoms with Gasteiger partial charge in [0.15, 0.2) is 0 Å². The summed E-state index contributed by atoms with van der Waals surface area (Å²) in [6.07, 6.45) is 8.33. The molecule has 2 fully saturated rings. The Balaban J connectivity index is 1.44. The molecule has 0 spiro atoms. The van der Waals surface area contributed by atoms with Crippen molar-refractivity contribution >= 4 is 17.7 Å². The van der Waals surface area contributed by atoms with Crippen molar-refractivity contribution in [3.63, 3.8) is 0 Å². The van der Waals surface area contributed by atoms with E-state index in [1.807, 2.05) is 4.68 Å². The van der Waals surface area contributed by atoms with Crippen LogP contribution in [-0.4, -0.2) is 51.1 Å². The van der Waals surface area contributed by atoms with Crippen LogP contribution < -0.4 is 5.32 Å². The van der Waals surface area contributed by atoms with Crippen molar-refractivity contribution in [2.45, 2.75) is 62.2 Å². The first-order chi connectivity index (χ1) is 10.8. The molecule has 1 atom stereocenters. The van der Waals surface area contributed by atoms with Gasteiger partial charge in [-0.15, -0.1) is 5.10 Å². The number of aromatic nitrogens is 4. The molecular formula is C14H23N5O2S. The molecule has 3 rings (SSSR count). The number of carbonyl (C=O) groups is 1. The van der Waals surface area contributed by atoms with E-state index in [0.717, 1.165) is 37.4 Å². The molecule has 7 nitrogen and oxygen atoms in total. The van der Waals surface area contributed by atoms with Gasteiger partial charge in [-0.3, -0.25) is 4.79 Å². The fourth-order valence-electron chi connectivity index (χ4n) is 3.05. The number of tetrazole rings is 1. The molecule has 1 aromatic heterocycles. The Morgan fingerprint density at radius 3 is 2.91 bits per heavy atom. The number of carbonyl (C=O) groups excluding carboxylic acids is 1. The van der Waals surface area contributed by atoms with Crippen molar-refractivity contribution in [1.82, 2.24) is 25.5 Å². The van der Waals surface area contributed by atoms with Crippen LogP contribution in [0.2, 0.25) is 0 Å². The van der Waals surface area contributed by atoms with Gasteiger partial charge in [0, 0.05) is 13.2 Å². The van der Waals surface area contributed by atoms with Crippen molar-refractivity contribution in [3.8, 4) is 0 Å². The number of thioether (sulfide) groups is 1. The summed E-state index contributed by atoms with van der Waals surface area (Å²) in [7, 11) is 0. The molecule has 2 aliphatic rings. The number of ether oxygens (including phenoxy) is 1. The van der Waals surface area contributed by atoms with E-state index in [4.69, 9.17) is 4.74 Å². The predicted molar refractivity (Wildman–Crippen MR) is 82.6 cm³/mol. The highest BCUT2D eigenvalue weighted by Crippen LogP contribution is 2.30. The number of hydrogen-bond donors (Lipinski definition) is 1. The maximum absolute atomic E-state index is 11.9. The minimum Gasteiger partial charge on any atom is -0.376 e. The first kappa shape index (κ1) is 15.7. The minimum atomic E-state index is 0.0127. The molecule has 1 saturated heterocycles. The summed E-state index contributed by atoms with van der Waals surface area (Å²) >= 11 is 1.41. The van der Waals surface area contributed by atoms with Crippen LogP contribution in [0.4, 0.5) is 0 Å². The van der Waals surface area contributed by atoms with E-state index in [9.17, 15) is 4.79 Å². The SMILES string of the molecule is O=C(CSc1nnnn1C1CCCCC1)NC[C@@H]1CCCO1. The molecule has 0 radical (unpaired) electrons. The zero-order valence-electron chi connectivity index (χ0n) is 12.7. The van der Waals surface area contributed by atoms with E-state index in [1.54, 1.807) is 0 Å². The molecule has 1 amide bonds. The Kier molecular flexibility index (Phi) is 5.66. The van der Waals surface area contributed by atoms with Crippen LogP contribution in [0, 0.1) is 0 Å². The van der Waals surface area contributed by atoms with Gasteiger partial charge in [0.25, 0.3) is 0 Å². The summed E-state index contributed by atoms with van der Waals surface area (Å²) in [6.45, 7) is 1.42. The summed E-state index contributed by atoms with van der Waals surface area (Å²) in [5.74, 6) is 0.360. The Labute approximate surface area is 134 Å². The van der Waals surface area contributed by atoms with Crippen LogP contribution in [0.1, 0.15) is 51.0 Å². The van der Waals surface area contributed by atoms with E-state index >= 15 is 0 Å². The molecular weight excluding hydrogens is 302 g/mol. The largest absolute Gasteiger partial charge is 0.376 e. The number of rotatable bonds is 6. The molecule has 8 heteroatoms. The summed E-state index contributed by atoms with van der Waals surface area (Å²) in [4.78, 5) is 11.9. The average Bonchev–Trinajstić information content (AvgIpc) is 3.23. The fourth-order valence-corrected chi connectivity index (χ4v) is 3.82. The standard InChI is InChI=1S/C14H23N5O2S/c20-13(15-9-12-7-4-8-21-12)10-22-14-16-17-18-19(14)11-5-2-1-3-6-11/h11-12H,1-10H2,(H,15,20)/t12-/m0/s1. The van der Waals surface area contributed by atoms with Crippen LogP contribution in [0.15, 0.2) is 5.16 Å². The van der Waals surface area contributed by atoms with E-state index in [1.165, 1.54) is 31.0 Å². The van der Waals surface area contributed by atoms with Gasteiger partial charge in [0.05, 0.1) is 17.9 Å². The van der Waals surface area contributed by atoms with Crippen molar-refractivity contribution in [1.29, 1.82) is 0 Å². The van der Waals surface area contributed by atoms with Crippen LogP contribution >= 0.6 is 11.8 Å². The molecule has 0 unspecified atom stereocenters. The second kappa shape index (κ2) is 7.92. The third-order valence-corrected chi connectivity index (χ3v) is 5.20. The molecule has 1 N–H and O–H groups in total. The smallest absolute Gasteiger partial charge is 0.230 e. The van der Waals surface area contributed by atoms with Gasteiger partial charge in [-0.2, -0.15) is 0 Å². The third kappa shape index (κ3) is 4.19. The van der Waals surface area contributed by atoms with Crippen molar-refractivity contribution in [2.24, 2.45) is 0 Å². The van der Waals surface area contributed by atoms with Gasteiger partial charge in [0.2, 0.25) is 11.1 Å². The van der Waals surface area contributed by atoms with Crippen LogP contribution in [-0.2, 0) is 9.53 Å². The Morgan fingerprint density at radius 2 is 2.14 bits per heavy atom. The Morgan fingerprint density at radius 1 is 1.27 bits per heavy atom. The fraction of sp³-hybridized carbons (Fsp3) is 0.857. The number of nitrogens with one attached hydrogen (secondary N) is 1. The number of hydrogen-bond acceptors (Lipinski definition) is 6. The summed E-state index contributed by atoms with van der Waals surface area (Å²) in [5, 5.41) is 15.6. The highest BCUT2D eigenvalue weighted by atomic mass is 32.2. The van der Waals surface area contributed by atoms with Gasteiger partial charge >= 0.3 is 0 Å². The van der Waals surface area contributed by atoms with Gasteiger partial charge in [-0.1, -0.05) is 31.0 Å². The monoisotopic (exact) mass is 325 g/mol. The number of nitrogens with zero attached hydrogens (tertiary/aromatic N) is 4. The molecule has 1 aliphatic heterocycles. The van der Waals surface area contributed by atoms with Crippen molar-refractivity contribution in [2.75, 3.05) is 18.9 Å². The molecule has 22 heavy (non-hydrogen) atoms. The van der Waals surface area contributed by atoms with Gasteiger partial charge < -0.3 is 10.1 Å². The quantitative estimate of drug-likeness (QED) is 0.800. The lowest BCUT2D eigenvalue weighted by atomic mass is 9.96. The molecule has 1 saturated carbocycles. The summed E-state index contributed by atoms with van der Waals surface area (Å²) < 4.78 is 7.39. The first-order valence-corrected chi connectivity index (χ1v) is 9.10. The lowest BCUT2D eigenvalue weighted by Gasteiger charge is -2.21. The predicted octanol–water partition coefficient (Wildman–Crippen LogP) is 1.57. The van der Waals surface area contributed by atoms with Crippen molar-refractivity contribution < 1.29 is 9.53 Å². The van der Waals surface area contributed by atoms with Crippen LogP contribution in [0.25, 0.3) is 0 Å². The molecule has 0 aromatic carbocycles. The Hall–Kier alpha value is -1.15. The van der Waals surface area contributed by atoms with E-state index in [0.29, 0.717) is 18.3 Å². The maximum atomic E-state index is 11.9. The topological polar surface area (TPSA) is 81.9 Å². The van der Waals surface area contributed by atoms with Crippen LogP contribution in [0.5, 0.6) is 0 Å². The second-order valence-corrected chi connectivity index (χ2v) is 6.87. The lowest BCUT2D eigenvalue weighted by molar-refractivity contribution is -0.119. The zero-order valence-corrected chi connectivity index (χ0v) is 13.6. The van der Waals surface area contributed by atoms with E-state index in [-0.39, 0.29) is 12.0 Å². The summed E-state index contributed by atoms with van der Waals surface area (Å²) in [6, 6.07) is 0.390. The van der Waals surface area contributed by atoms with Crippen LogP contribution in [0.3, 0.4) is 0 Å². The molecule has 1 aromatic rings. The average molecular weight is 325 g/mol. The van der Waals surface area contributed by atoms with Gasteiger partial charge in [-0.05, 0) is 36.1 Å². The normalized spacial score (nSPS) is 22.8. The highest BCUT2D eigenvalue weighted by Gasteiger charge is 2.21. The number of amides is 1. The second-order valence-electron chi connectivity index (χ2n) is 5.93. The maximum Gasteiger partial charge on any atom is 0.230 e. The Bertz CT molecular complexity index is 483. The van der Waals surface area contributed by atoms with Gasteiger partial charge in [0.1, 0.15) is 0 Å². The van der Waals surface area contributed by atoms with E-state index < -0.39 is 0 Å². The highest BCUT2D eigenvalue weighted by molar-refractivity contribution is 7.99. The van der Waals surface area contributed by atoms with Gasteiger partial charge in [-0.25, -0.2) is 4.68 Å². The summed E-state index contributed by atoms with van der Waals surface area (Å²) in [5.41, 5.74) is 0. The third-order valence-electron chi connectivity index (χ3n) is 4.27.